The fraction of sp³-hybridized carbons (Fsp3) is 0.276. The summed E-state index contributed by atoms with van der Waals surface area (Å²) >= 11 is 0. The first-order chi connectivity index (χ1) is 20.0. The van der Waals surface area contributed by atoms with Crippen molar-refractivity contribution in [3.8, 4) is 17.0 Å². The molecule has 0 saturated carbocycles. The molecule has 1 fully saturated rings. The number of amides is 1. The van der Waals surface area contributed by atoms with Gasteiger partial charge in [-0.2, -0.15) is 5.10 Å². The smallest absolute Gasteiger partial charge is 0.305 e. The molecule has 1 amide bonds. The second-order valence-corrected chi connectivity index (χ2v) is 9.91. The third kappa shape index (κ3) is 5.29. The lowest BCUT2D eigenvalue weighted by molar-refractivity contribution is -0.136. The zero-order valence-electron chi connectivity index (χ0n) is 22.5. The van der Waals surface area contributed by atoms with E-state index in [1.165, 1.54) is 6.33 Å². The molecule has 12 nitrogen and oxygen atoms in total. The number of methoxy groups -OCH3 is 1. The summed E-state index contributed by atoms with van der Waals surface area (Å²) < 4.78 is 7.63. The fourth-order valence-corrected chi connectivity index (χ4v) is 5.23. The van der Waals surface area contributed by atoms with Crippen molar-refractivity contribution in [2.24, 2.45) is 0 Å². The van der Waals surface area contributed by atoms with Crippen LogP contribution in [-0.4, -0.2) is 68.5 Å². The second kappa shape index (κ2) is 11.3. The predicted molar refractivity (Wildman–Crippen MR) is 155 cm³/mol. The number of nitrogens with zero attached hydrogens (tertiary/aromatic N) is 4. The minimum Gasteiger partial charge on any atom is -0.495 e. The lowest BCUT2D eigenvalue weighted by Crippen LogP contribution is -2.30. The number of carbonyl (C=O) groups is 2. The van der Waals surface area contributed by atoms with Crippen molar-refractivity contribution in [3.05, 3.63) is 60.6 Å². The van der Waals surface area contributed by atoms with E-state index in [0.717, 1.165) is 42.4 Å². The van der Waals surface area contributed by atoms with Gasteiger partial charge in [-0.05, 0) is 50.2 Å². The Morgan fingerprint density at radius 1 is 1.12 bits per heavy atom. The highest BCUT2D eigenvalue weighted by Gasteiger charge is 2.25. The number of H-pyrrole nitrogens is 1. The number of para-hydroxylation sites is 1. The van der Waals surface area contributed by atoms with Gasteiger partial charge in [0.2, 0.25) is 0 Å². The Kier molecular flexibility index (Phi) is 7.21. The quantitative estimate of drug-likeness (QED) is 0.181. The molecule has 6 rings (SSSR count). The Morgan fingerprint density at radius 3 is 2.73 bits per heavy atom. The van der Waals surface area contributed by atoms with E-state index in [9.17, 15) is 9.59 Å². The van der Waals surface area contributed by atoms with Gasteiger partial charge in [0.05, 0.1) is 30.6 Å². The SMILES string of the molecule is COc1cc(-c2nn(C3CCNCC3)c3ncnc(NCCC(=O)O)c23)ccc1NC(=O)c1cc2ccccc2[nH]1. The van der Waals surface area contributed by atoms with Crippen molar-refractivity contribution in [2.45, 2.75) is 25.3 Å². The topological polar surface area (TPSA) is 159 Å². The Labute approximate surface area is 235 Å². The number of piperidine rings is 1. The van der Waals surface area contributed by atoms with Crippen molar-refractivity contribution in [3.63, 3.8) is 0 Å². The summed E-state index contributed by atoms with van der Waals surface area (Å²) in [4.78, 5) is 36.3. The summed E-state index contributed by atoms with van der Waals surface area (Å²) in [6.45, 7) is 1.98. The van der Waals surface area contributed by atoms with Crippen LogP contribution < -0.4 is 20.7 Å². The minimum absolute atomic E-state index is 0.0537. The highest BCUT2D eigenvalue weighted by Crippen LogP contribution is 2.37. The fourth-order valence-electron chi connectivity index (χ4n) is 5.23. The van der Waals surface area contributed by atoms with Gasteiger partial charge in [-0.1, -0.05) is 24.3 Å². The van der Waals surface area contributed by atoms with Gasteiger partial charge in [-0.15, -0.1) is 0 Å². The molecular weight excluding hydrogens is 524 g/mol. The van der Waals surface area contributed by atoms with E-state index in [1.807, 2.05) is 47.1 Å². The molecule has 5 N–H and O–H groups in total. The van der Waals surface area contributed by atoms with Gasteiger partial charge in [0.25, 0.3) is 5.91 Å². The van der Waals surface area contributed by atoms with Gasteiger partial charge in [-0.3, -0.25) is 9.59 Å². The summed E-state index contributed by atoms with van der Waals surface area (Å²) in [5.41, 5.74) is 3.90. The Balaban J connectivity index is 1.37. The normalized spacial score (nSPS) is 13.9. The van der Waals surface area contributed by atoms with Crippen LogP contribution in [0.25, 0.3) is 33.2 Å². The molecule has 0 radical (unpaired) electrons. The van der Waals surface area contributed by atoms with Crippen molar-refractivity contribution in [1.29, 1.82) is 0 Å². The molecule has 41 heavy (non-hydrogen) atoms. The number of aromatic amines is 1. The van der Waals surface area contributed by atoms with Crippen LogP contribution in [0.1, 0.15) is 35.8 Å². The average Bonchev–Trinajstić information content (AvgIpc) is 3.61. The number of carboxylic acid groups (broad SMARTS) is 1. The van der Waals surface area contributed by atoms with Gasteiger partial charge < -0.3 is 30.8 Å². The molecule has 0 bridgehead atoms. The molecule has 12 heteroatoms. The maximum atomic E-state index is 13.1. The Bertz CT molecular complexity index is 1700. The first kappa shape index (κ1) is 26.3. The van der Waals surface area contributed by atoms with Crippen molar-refractivity contribution in [2.75, 3.05) is 37.4 Å². The molecule has 210 valence electrons. The van der Waals surface area contributed by atoms with Crippen LogP contribution in [0.5, 0.6) is 5.75 Å². The first-order valence-corrected chi connectivity index (χ1v) is 13.5. The zero-order chi connectivity index (χ0) is 28.3. The van der Waals surface area contributed by atoms with Crippen LogP contribution in [0.15, 0.2) is 54.9 Å². The summed E-state index contributed by atoms with van der Waals surface area (Å²) in [7, 11) is 1.55. The molecule has 0 spiro atoms. The number of ether oxygens (including phenoxy) is 1. The number of carbonyl (C=O) groups excluding carboxylic acids is 1. The van der Waals surface area contributed by atoms with Crippen molar-refractivity contribution >= 4 is 45.3 Å². The summed E-state index contributed by atoms with van der Waals surface area (Å²) in [5.74, 6) is -0.204. The number of carboxylic acids is 1. The number of benzene rings is 2. The molecule has 3 aromatic heterocycles. The first-order valence-electron chi connectivity index (χ1n) is 13.5. The van der Waals surface area contributed by atoms with E-state index in [0.29, 0.717) is 39.7 Å². The van der Waals surface area contributed by atoms with Gasteiger partial charge in [-0.25, -0.2) is 14.6 Å². The molecule has 0 unspecified atom stereocenters. The number of aliphatic carboxylic acids is 1. The predicted octanol–water partition coefficient (Wildman–Crippen LogP) is 4.05. The summed E-state index contributed by atoms with van der Waals surface area (Å²) in [6, 6.07) is 15.1. The largest absolute Gasteiger partial charge is 0.495 e. The molecule has 2 aromatic carbocycles. The third-order valence-corrected chi connectivity index (χ3v) is 7.27. The van der Waals surface area contributed by atoms with Crippen LogP contribution >= 0.6 is 0 Å². The Morgan fingerprint density at radius 2 is 1.95 bits per heavy atom. The molecule has 1 aliphatic heterocycles. The number of fused-ring (bicyclic) bond motifs is 2. The van der Waals surface area contributed by atoms with Crippen LogP contribution in [0, 0.1) is 0 Å². The van der Waals surface area contributed by atoms with Crippen molar-refractivity contribution < 1.29 is 19.4 Å². The molecule has 1 saturated heterocycles. The second-order valence-electron chi connectivity index (χ2n) is 9.91. The van der Waals surface area contributed by atoms with E-state index >= 15 is 0 Å². The maximum absolute atomic E-state index is 13.1. The van der Waals surface area contributed by atoms with Gasteiger partial charge in [0, 0.05) is 23.0 Å². The van der Waals surface area contributed by atoms with E-state index < -0.39 is 5.97 Å². The standard InChI is InChI=1S/C29H30N8O4/c1-41-23-15-18(6-7-21(23)35-29(40)22-14-17-4-2-3-5-20(17)34-22)26-25-27(31-13-10-24(38)39)32-16-33-28(25)37(36-26)19-8-11-30-12-9-19/h2-7,14-16,19,30,34H,8-13H2,1H3,(H,35,40)(H,38,39)(H,31,32,33). The van der Waals surface area contributed by atoms with Crippen LogP contribution in [-0.2, 0) is 4.79 Å². The van der Waals surface area contributed by atoms with Crippen molar-refractivity contribution in [1.82, 2.24) is 30.0 Å². The van der Waals surface area contributed by atoms with Crippen LogP contribution in [0.3, 0.4) is 0 Å². The monoisotopic (exact) mass is 554 g/mol. The average molecular weight is 555 g/mol. The number of hydrogen-bond acceptors (Lipinski definition) is 8. The van der Waals surface area contributed by atoms with E-state index in [1.54, 1.807) is 13.2 Å². The summed E-state index contributed by atoms with van der Waals surface area (Å²) in [6.07, 6.45) is 3.23. The van der Waals surface area contributed by atoms with Crippen LogP contribution in [0.4, 0.5) is 11.5 Å². The molecule has 1 aliphatic rings. The number of rotatable bonds is 9. The van der Waals surface area contributed by atoms with E-state index in [4.69, 9.17) is 14.9 Å². The number of aromatic nitrogens is 5. The molecule has 4 heterocycles. The highest BCUT2D eigenvalue weighted by molar-refractivity contribution is 6.07. The zero-order valence-corrected chi connectivity index (χ0v) is 22.5. The minimum atomic E-state index is -0.900. The lowest BCUT2D eigenvalue weighted by Gasteiger charge is -2.23. The van der Waals surface area contributed by atoms with Gasteiger partial charge in [0.1, 0.15) is 29.3 Å². The van der Waals surface area contributed by atoms with E-state index in [2.05, 4.69) is 30.9 Å². The molecular formula is C29H30N8O4. The molecule has 0 atom stereocenters. The Hall–Kier alpha value is -4.97. The maximum Gasteiger partial charge on any atom is 0.305 e. The molecule has 5 aromatic rings. The van der Waals surface area contributed by atoms with Crippen LogP contribution in [0.2, 0.25) is 0 Å². The third-order valence-electron chi connectivity index (χ3n) is 7.27. The highest BCUT2D eigenvalue weighted by atomic mass is 16.5. The van der Waals surface area contributed by atoms with E-state index in [-0.39, 0.29) is 24.9 Å². The summed E-state index contributed by atoms with van der Waals surface area (Å²) in [5, 5.41) is 25.3. The van der Waals surface area contributed by atoms with Gasteiger partial charge >= 0.3 is 5.97 Å². The number of nitrogens with one attached hydrogen (secondary N) is 4. The number of hydrogen-bond donors (Lipinski definition) is 5. The number of anilines is 2. The molecule has 0 aliphatic carbocycles. The van der Waals surface area contributed by atoms with Gasteiger partial charge in [0.15, 0.2) is 5.65 Å². The lowest BCUT2D eigenvalue weighted by atomic mass is 10.1.